The second kappa shape index (κ2) is 6.44. The van der Waals surface area contributed by atoms with Crippen molar-refractivity contribution in [3.8, 4) is 5.75 Å². The lowest BCUT2D eigenvalue weighted by atomic mass is 9.77. The van der Waals surface area contributed by atoms with Crippen LogP contribution in [0.4, 0.5) is 10.1 Å². The number of rotatable bonds is 4. The third-order valence-corrected chi connectivity index (χ3v) is 5.36. The Morgan fingerprint density at radius 1 is 1.12 bits per heavy atom. The maximum absolute atomic E-state index is 13.5. The van der Waals surface area contributed by atoms with Crippen LogP contribution in [0.3, 0.4) is 0 Å². The van der Waals surface area contributed by atoms with Crippen LogP contribution in [-0.4, -0.2) is 18.7 Å². The zero-order valence-corrected chi connectivity index (χ0v) is 13.7. The van der Waals surface area contributed by atoms with Crippen molar-refractivity contribution in [3.63, 3.8) is 0 Å². The molecule has 4 heteroatoms. The number of piperidine rings is 2. The highest BCUT2D eigenvalue weighted by Crippen LogP contribution is 2.39. The highest BCUT2D eigenvalue weighted by atomic mass is 19.1. The second-order valence-corrected chi connectivity index (χ2v) is 6.86. The molecular weight excluding hydrogens is 303 g/mol. The van der Waals surface area contributed by atoms with Crippen LogP contribution in [0.1, 0.15) is 24.8 Å². The Morgan fingerprint density at radius 3 is 2.62 bits per heavy atom. The predicted molar refractivity (Wildman–Crippen MR) is 93.6 cm³/mol. The Kier molecular flexibility index (Phi) is 4.15. The molecule has 3 unspecified atom stereocenters. The molecule has 24 heavy (non-hydrogen) atoms. The Bertz CT molecular complexity index is 703. The molecule has 0 aromatic heterocycles. The summed E-state index contributed by atoms with van der Waals surface area (Å²) in [6.45, 7) is 1.50. The summed E-state index contributed by atoms with van der Waals surface area (Å²) in [5.74, 6) is 1.25. The average molecular weight is 326 g/mol. The molecule has 2 aliphatic heterocycles. The van der Waals surface area contributed by atoms with Crippen molar-refractivity contribution < 1.29 is 9.13 Å². The molecule has 3 atom stereocenters. The lowest BCUT2D eigenvalue weighted by Gasteiger charge is -2.50. The van der Waals surface area contributed by atoms with E-state index in [9.17, 15) is 4.39 Å². The molecule has 5 rings (SSSR count). The maximum atomic E-state index is 13.5. The molecule has 1 aliphatic carbocycles. The van der Waals surface area contributed by atoms with Gasteiger partial charge in [0.2, 0.25) is 0 Å². The number of anilines is 1. The zero-order valence-electron chi connectivity index (χ0n) is 13.7. The minimum absolute atomic E-state index is 0.165. The summed E-state index contributed by atoms with van der Waals surface area (Å²) in [4.78, 5) is 2.36. The minimum atomic E-state index is -0.165. The quantitative estimate of drug-likeness (QED) is 0.930. The molecule has 1 saturated carbocycles. The fraction of sp³-hybridized carbons (Fsp3) is 0.400. The molecule has 0 spiro atoms. The lowest BCUT2D eigenvalue weighted by Crippen LogP contribution is -2.55. The van der Waals surface area contributed by atoms with Gasteiger partial charge in [0, 0.05) is 37.2 Å². The Morgan fingerprint density at radius 2 is 1.96 bits per heavy atom. The highest BCUT2D eigenvalue weighted by Gasteiger charge is 2.41. The van der Waals surface area contributed by atoms with Gasteiger partial charge in [-0.2, -0.15) is 0 Å². The van der Waals surface area contributed by atoms with Gasteiger partial charge in [0.25, 0.3) is 0 Å². The van der Waals surface area contributed by atoms with Gasteiger partial charge in [0.05, 0.1) is 0 Å². The van der Waals surface area contributed by atoms with Gasteiger partial charge in [-0.15, -0.1) is 0 Å². The SMILES string of the molecule is NCc1ccc(OC2CC3CCC2CN3c2cccc(F)c2)cc1. The maximum Gasteiger partial charge on any atom is 0.125 e. The number of ether oxygens (including phenoxy) is 1. The molecule has 126 valence electrons. The fourth-order valence-corrected chi connectivity index (χ4v) is 4.06. The summed E-state index contributed by atoms with van der Waals surface area (Å²) in [5.41, 5.74) is 7.75. The number of halogens is 1. The Balaban J connectivity index is 1.46. The van der Waals surface area contributed by atoms with Crippen LogP contribution in [0.25, 0.3) is 0 Å². The molecule has 2 saturated heterocycles. The summed E-state index contributed by atoms with van der Waals surface area (Å²) in [6, 6.07) is 15.4. The fourth-order valence-electron chi connectivity index (χ4n) is 4.06. The van der Waals surface area contributed by atoms with E-state index in [4.69, 9.17) is 10.5 Å². The first-order valence-corrected chi connectivity index (χ1v) is 8.71. The number of fused-ring (bicyclic) bond motifs is 3. The van der Waals surface area contributed by atoms with Gasteiger partial charge in [-0.25, -0.2) is 4.39 Å². The third kappa shape index (κ3) is 2.98. The van der Waals surface area contributed by atoms with Gasteiger partial charge in [0.1, 0.15) is 17.7 Å². The van der Waals surface area contributed by atoms with Crippen LogP contribution in [0, 0.1) is 11.7 Å². The number of nitrogens with two attached hydrogens (primary N) is 1. The molecule has 0 amide bonds. The van der Waals surface area contributed by atoms with Crippen molar-refractivity contribution in [1.82, 2.24) is 0 Å². The number of benzene rings is 2. The van der Waals surface area contributed by atoms with Crippen molar-refractivity contribution in [1.29, 1.82) is 0 Å². The van der Waals surface area contributed by atoms with Crippen LogP contribution in [-0.2, 0) is 6.54 Å². The highest BCUT2D eigenvalue weighted by molar-refractivity contribution is 5.49. The smallest absolute Gasteiger partial charge is 0.125 e. The lowest BCUT2D eigenvalue weighted by molar-refractivity contribution is 0.0572. The van der Waals surface area contributed by atoms with Crippen LogP contribution < -0.4 is 15.4 Å². The summed E-state index contributed by atoms with van der Waals surface area (Å²) in [6.07, 6.45) is 3.59. The van der Waals surface area contributed by atoms with Gasteiger partial charge >= 0.3 is 0 Å². The molecule has 2 aromatic carbocycles. The Hall–Kier alpha value is -2.07. The van der Waals surface area contributed by atoms with E-state index < -0.39 is 0 Å². The molecule has 2 bridgehead atoms. The van der Waals surface area contributed by atoms with Gasteiger partial charge < -0.3 is 15.4 Å². The summed E-state index contributed by atoms with van der Waals surface area (Å²) < 4.78 is 19.8. The van der Waals surface area contributed by atoms with E-state index in [-0.39, 0.29) is 11.9 Å². The van der Waals surface area contributed by atoms with E-state index in [1.807, 2.05) is 30.3 Å². The first-order valence-electron chi connectivity index (χ1n) is 8.71. The molecule has 2 heterocycles. The average Bonchev–Trinajstić information content (AvgIpc) is 2.63. The second-order valence-electron chi connectivity index (χ2n) is 6.86. The van der Waals surface area contributed by atoms with Crippen molar-refractivity contribution in [2.24, 2.45) is 11.7 Å². The van der Waals surface area contributed by atoms with Crippen LogP contribution in [0.15, 0.2) is 48.5 Å². The standard InChI is InChI=1S/C20H23FN2O/c21-16-2-1-3-17(10-16)23-13-15-6-7-18(23)11-20(15)24-19-8-4-14(12-22)5-9-19/h1-5,8-10,15,18,20H,6-7,11-13,22H2. The predicted octanol–water partition coefficient (Wildman–Crippen LogP) is 3.72. The minimum Gasteiger partial charge on any atom is -0.490 e. The summed E-state index contributed by atoms with van der Waals surface area (Å²) in [5, 5.41) is 0. The van der Waals surface area contributed by atoms with E-state index in [1.54, 1.807) is 12.1 Å². The largest absolute Gasteiger partial charge is 0.490 e. The van der Waals surface area contributed by atoms with E-state index >= 15 is 0 Å². The monoisotopic (exact) mass is 326 g/mol. The van der Waals surface area contributed by atoms with Gasteiger partial charge in [-0.1, -0.05) is 18.2 Å². The molecule has 2 N–H and O–H groups in total. The molecule has 2 aromatic rings. The van der Waals surface area contributed by atoms with Gasteiger partial charge in [-0.3, -0.25) is 0 Å². The molecule has 0 radical (unpaired) electrons. The van der Waals surface area contributed by atoms with E-state index in [2.05, 4.69) is 4.90 Å². The first-order chi connectivity index (χ1) is 11.7. The molecular formula is C20H23FN2O. The molecule has 3 fully saturated rings. The number of hydrogen-bond acceptors (Lipinski definition) is 3. The number of hydrogen-bond donors (Lipinski definition) is 1. The van der Waals surface area contributed by atoms with Crippen molar-refractivity contribution in [2.75, 3.05) is 11.4 Å². The van der Waals surface area contributed by atoms with Crippen LogP contribution in [0.2, 0.25) is 0 Å². The molecule has 3 nitrogen and oxygen atoms in total. The van der Waals surface area contributed by atoms with Crippen LogP contribution in [0.5, 0.6) is 5.75 Å². The van der Waals surface area contributed by atoms with E-state index in [0.29, 0.717) is 18.5 Å². The van der Waals surface area contributed by atoms with Crippen molar-refractivity contribution in [3.05, 3.63) is 59.9 Å². The molecule has 3 aliphatic rings. The van der Waals surface area contributed by atoms with Crippen molar-refractivity contribution >= 4 is 5.69 Å². The van der Waals surface area contributed by atoms with E-state index in [0.717, 1.165) is 36.4 Å². The summed E-state index contributed by atoms with van der Waals surface area (Å²) >= 11 is 0. The first kappa shape index (κ1) is 15.5. The zero-order chi connectivity index (χ0) is 16.5. The summed E-state index contributed by atoms with van der Waals surface area (Å²) in [7, 11) is 0. The van der Waals surface area contributed by atoms with Crippen LogP contribution >= 0.6 is 0 Å². The normalized spacial score (nSPS) is 25.8. The van der Waals surface area contributed by atoms with Gasteiger partial charge in [-0.05, 0) is 48.7 Å². The number of nitrogens with zero attached hydrogens (tertiary/aromatic N) is 1. The topological polar surface area (TPSA) is 38.5 Å². The Labute approximate surface area is 142 Å². The third-order valence-electron chi connectivity index (χ3n) is 5.36. The van der Waals surface area contributed by atoms with Crippen molar-refractivity contribution in [2.45, 2.75) is 38.0 Å². The van der Waals surface area contributed by atoms with E-state index in [1.165, 1.54) is 12.5 Å². The van der Waals surface area contributed by atoms with Gasteiger partial charge in [0.15, 0.2) is 0 Å².